The van der Waals surface area contributed by atoms with Crippen LogP contribution >= 0.6 is 11.3 Å². The molecule has 2 N–H and O–H groups in total. The van der Waals surface area contributed by atoms with Crippen molar-refractivity contribution in [2.75, 3.05) is 6.54 Å². The first-order valence-electron chi connectivity index (χ1n) is 6.55. The summed E-state index contributed by atoms with van der Waals surface area (Å²) >= 11 is 1.76. The summed E-state index contributed by atoms with van der Waals surface area (Å²) in [6, 6.07) is 2.64. The van der Waals surface area contributed by atoms with Crippen LogP contribution in [0.25, 0.3) is 0 Å². The second-order valence-corrected chi connectivity index (χ2v) is 6.28. The quantitative estimate of drug-likeness (QED) is 0.747. The molecule has 0 bridgehead atoms. The van der Waals surface area contributed by atoms with E-state index in [2.05, 4.69) is 44.4 Å². The number of amides is 1. The Hall–Kier alpha value is -0.870. The molecular weight excluding hydrogens is 244 g/mol. The van der Waals surface area contributed by atoms with Gasteiger partial charge < -0.3 is 10.6 Å². The van der Waals surface area contributed by atoms with E-state index in [0.717, 1.165) is 13.0 Å². The van der Waals surface area contributed by atoms with E-state index in [1.165, 1.54) is 15.3 Å². The molecule has 0 saturated carbocycles. The van der Waals surface area contributed by atoms with E-state index in [9.17, 15) is 4.79 Å². The number of nitrogens with one attached hydrogen (secondary N) is 2. The van der Waals surface area contributed by atoms with E-state index in [0.29, 0.717) is 19.0 Å². The van der Waals surface area contributed by atoms with Gasteiger partial charge in [0.25, 0.3) is 0 Å². The highest BCUT2D eigenvalue weighted by molar-refractivity contribution is 7.12. The van der Waals surface area contributed by atoms with E-state index in [-0.39, 0.29) is 5.91 Å². The Bertz CT molecular complexity index is 366. The number of carbonyl (C=O) groups is 1. The molecule has 0 aliphatic heterocycles. The Labute approximate surface area is 114 Å². The molecule has 0 aliphatic carbocycles. The van der Waals surface area contributed by atoms with Crippen molar-refractivity contribution in [1.29, 1.82) is 0 Å². The van der Waals surface area contributed by atoms with Crippen LogP contribution in [0.3, 0.4) is 0 Å². The highest BCUT2D eigenvalue weighted by Gasteiger charge is 2.04. The highest BCUT2D eigenvalue weighted by Crippen LogP contribution is 2.20. The monoisotopic (exact) mass is 268 g/mol. The van der Waals surface area contributed by atoms with Gasteiger partial charge in [-0.3, -0.25) is 4.79 Å². The lowest BCUT2D eigenvalue weighted by atomic mass is 10.2. The Balaban J connectivity index is 2.17. The molecule has 3 nitrogen and oxygen atoms in total. The molecule has 0 radical (unpaired) electrons. The summed E-state index contributed by atoms with van der Waals surface area (Å²) in [6.07, 6.45) is 1.50. The number of hydrogen-bond acceptors (Lipinski definition) is 3. The lowest BCUT2D eigenvalue weighted by Gasteiger charge is -2.07. The van der Waals surface area contributed by atoms with E-state index in [1.54, 1.807) is 11.3 Å². The van der Waals surface area contributed by atoms with E-state index >= 15 is 0 Å². The topological polar surface area (TPSA) is 41.1 Å². The first kappa shape index (κ1) is 15.2. The molecule has 0 aromatic carbocycles. The molecule has 0 spiro atoms. The number of thiophene rings is 1. The molecule has 18 heavy (non-hydrogen) atoms. The SMILES string of the molecule is Cc1cc(CNC(=O)CCCNC(C)C)sc1C. The lowest BCUT2D eigenvalue weighted by Crippen LogP contribution is -2.26. The van der Waals surface area contributed by atoms with Crippen molar-refractivity contribution >= 4 is 17.2 Å². The van der Waals surface area contributed by atoms with Gasteiger partial charge in [0.05, 0.1) is 6.54 Å². The second kappa shape index (κ2) is 7.54. The van der Waals surface area contributed by atoms with Gasteiger partial charge in [-0.05, 0) is 38.4 Å². The number of hydrogen-bond donors (Lipinski definition) is 2. The molecule has 1 heterocycles. The van der Waals surface area contributed by atoms with Gasteiger partial charge in [-0.25, -0.2) is 0 Å². The summed E-state index contributed by atoms with van der Waals surface area (Å²) in [5.74, 6) is 0.143. The Morgan fingerprint density at radius 1 is 1.39 bits per heavy atom. The Morgan fingerprint density at radius 2 is 2.11 bits per heavy atom. The lowest BCUT2D eigenvalue weighted by molar-refractivity contribution is -0.121. The van der Waals surface area contributed by atoms with Crippen molar-refractivity contribution in [1.82, 2.24) is 10.6 Å². The highest BCUT2D eigenvalue weighted by atomic mass is 32.1. The molecule has 1 rings (SSSR count). The minimum atomic E-state index is 0.143. The van der Waals surface area contributed by atoms with Gasteiger partial charge in [0.15, 0.2) is 0 Å². The average molecular weight is 268 g/mol. The van der Waals surface area contributed by atoms with Crippen LogP contribution in [0, 0.1) is 13.8 Å². The van der Waals surface area contributed by atoms with Crippen LogP contribution in [0.15, 0.2) is 6.07 Å². The molecule has 102 valence electrons. The molecular formula is C14H24N2OS. The summed E-state index contributed by atoms with van der Waals surface area (Å²) in [6.45, 7) is 10.0. The molecule has 1 aromatic rings. The summed E-state index contributed by atoms with van der Waals surface area (Å²) < 4.78 is 0. The maximum Gasteiger partial charge on any atom is 0.220 e. The first-order chi connectivity index (χ1) is 8.49. The van der Waals surface area contributed by atoms with E-state index < -0.39 is 0 Å². The van der Waals surface area contributed by atoms with Crippen LogP contribution in [0.2, 0.25) is 0 Å². The zero-order valence-electron chi connectivity index (χ0n) is 11.8. The minimum Gasteiger partial charge on any atom is -0.351 e. The molecule has 0 aliphatic rings. The first-order valence-corrected chi connectivity index (χ1v) is 7.36. The summed E-state index contributed by atoms with van der Waals surface area (Å²) in [4.78, 5) is 14.2. The number of rotatable bonds is 7. The standard InChI is InChI=1S/C14H24N2OS/c1-10(2)15-7-5-6-14(17)16-9-13-8-11(3)12(4)18-13/h8,10,15H,5-7,9H2,1-4H3,(H,16,17). The molecule has 1 amide bonds. The molecule has 0 unspecified atom stereocenters. The van der Waals surface area contributed by atoms with Crippen molar-refractivity contribution < 1.29 is 4.79 Å². The van der Waals surface area contributed by atoms with Crippen molar-refractivity contribution in [3.63, 3.8) is 0 Å². The van der Waals surface area contributed by atoms with Crippen LogP contribution < -0.4 is 10.6 Å². The summed E-state index contributed by atoms with van der Waals surface area (Å²) in [7, 11) is 0. The van der Waals surface area contributed by atoms with Crippen LogP contribution in [-0.2, 0) is 11.3 Å². The molecule has 1 aromatic heterocycles. The van der Waals surface area contributed by atoms with Gasteiger partial charge in [-0.15, -0.1) is 11.3 Å². The zero-order valence-corrected chi connectivity index (χ0v) is 12.6. The third-order valence-electron chi connectivity index (χ3n) is 2.81. The van der Waals surface area contributed by atoms with Gasteiger partial charge in [-0.1, -0.05) is 13.8 Å². The average Bonchev–Trinajstić information content (AvgIpc) is 2.61. The van der Waals surface area contributed by atoms with Gasteiger partial charge in [0.1, 0.15) is 0 Å². The van der Waals surface area contributed by atoms with Crippen molar-refractivity contribution in [3.8, 4) is 0 Å². The molecule has 0 fully saturated rings. The fourth-order valence-electron chi connectivity index (χ4n) is 1.65. The van der Waals surface area contributed by atoms with Crippen LogP contribution in [0.5, 0.6) is 0 Å². The largest absolute Gasteiger partial charge is 0.351 e. The number of carbonyl (C=O) groups excluding carboxylic acids is 1. The normalized spacial score (nSPS) is 10.9. The number of aryl methyl sites for hydroxylation is 2. The fraction of sp³-hybridized carbons (Fsp3) is 0.643. The predicted molar refractivity (Wildman–Crippen MR) is 78.0 cm³/mol. The van der Waals surface area contributed by atoms with E-state index in [4.69, 9.17) is 0 Å². The van der Waals surface area contributed by atoms with Crippen molar-refractivity contribution in [2.24, 2.45) is 0 Å². The van der Waals surface area contributed by atoms with Crippen LogP contribution in [-0.4, -0.2) is 18.5 Å². The van der Waals surface area contributed by atoms with Gasteiger partial charge in [0, 0.05) is 22.2 Å². The zero-order chi connectivity index (χ0) is 13.5. The summed E-state index contributed by atoms with van der Waals surface area (Å²) in [5.41, 5.74) is 1.31. The third kappa shape index (κ3) is 5.65. The maximum atomic E-state index is 11.6. The second-order valence-electron chi connectivity index (χ2n) is 4.94. The van der Waals surface area contributed by atoms with Crippen molar-refractivity contribution in [2.45, 2.75) is 53.1 Å². The predicted octanol–water partition coefficient (Wildman–Crippen LogP) is 2.76. The fourth-order valence-corrected chi connectivity index (χ4v) is 2.64. The summed E-state index contributed by atoms with van der Waals surface area (Å²) in [5, 5.41) is 6.28. The van der Waals surface area contributed by atoms with Gasteiger partial charge in [-0.2, -0.15) is 0 Å². The minimum absolute atomic E-state index is 0.143. The van der Waals surface area contributed by atoms with Gasteiger partial charge >= 0.3 is 0 Å². The van der Waals surface area contributed by atoms with Crippen LogP contribution in [0.1, 0.15) is 42.0 Å². The molecule has 4 heteroatoms. The van der Waals surface area contributed by atoms with Crippen LogP contribution in [0.4, 0.5) is 0 Å². The molecule has 0 atom stereocenters. The third-order valence-corrected chi connectivity index (χ3v) is 3.96. The van der Waals surface area contributed by atoms with Gasteiger partial charge in [0.2, 0.25) is 5.91 Å². The molecule has 0 saturated heterocycles. The Kier molecular flexibility index (Phi) is 6.36. The smallest absolute Gasteiger partial charge is 0.220 e. The maximum absolute atomic E-state index is 11.6. The Morgan fingerprint density at radius 3 is 2.67 bits per heavy atom. The van der Waals surface area contributed by atoms with Crippen molar-refractivity contribution in [3.05, 3.63) is 21.4 Å². The van der Waals surface area contributed by atoms with E-state index in [1.807, 2.05) is 0 Å².